The first-order valence-electron chi connectivity index (χ1n) is 4.17. The van der Waals surface area contributed by atoms with E-state index in [4.69, 9.17) is 0 Å². The van der Waals surface area contributed by atoms with Gasteiger partial charge in [0, 0.05) is 12.3 Å². The van der Waals surface area contributed by atoms with Gasteiger partial charge in [0.15, 0.2) is 6.17 Å². The highest BCUT2D eigenvalue weighted by molar-refractivity contribution is 5.69. The van der Waals surface area contributed by atoms with E-state index in [0.29, 0.717) is 5.69 Å². The molecule has 1 atom stereocenters. The molecule has 2 rings (SSSR count). The largest absolute Gasteiger partial charge is 0.256 e. The summed E-state index contributed by atoms with van der Waals surface area (Å²) in [6.45, 7) is 0. The molecular formula is C11H7F2N. The van der Waals surface area contributed by atoms with Gasteiger partial charge >= 0.3 is 0 Å². The van der Waals surface area contributed by atoms with Crippen LogP contribution in [0.25, 0.3) is 5.57 Å². The van der Waals surface area contributed by atoms with E-state index in [-0.39, 0.29) is 5.57 Å². The Labute approximate surface area is 80.1 Å². The Bertz CT molecular complexity index is 428. The van der Waals surface area contributed by atoms with Crippen molar-refractivity contribution in [2.75, 3.05) is 0 Å². The number of allylic oxidation sites excluding steroid dienone is 3. The lowest BCUT2D eigenvalue weighted by Gasteiger charge is -2.08. The first-order valence-corrected chi connectivity index (χ1v) is 4.17. The van der Waals surface area contributed by atoms with Gasteiger partial charge in [0.05, 0.1) is 11.3 Å². The van der Waals surface area contributed by atoms with Crippen LogP contribution in [0.15, 0.2) is 48.1 Å². The summed E-state index contributed by atoms with van der Waals surface area (Å²) < 4.78 is 25.9. The SMILES string of the molecule is FC1=CC(F)C(c2ccccn2)=C=C1. The van der Waals surface area contributed by atoms with E-state index in [1.165, 1.54) is 0 Å². The summed E-state index contributed by atoms with van der Waals surface area (Å²) >= 11 is 0. The first kappa shape index (κ1) is 8.85. The Hall–Kier alpha value is -1.73. The molecule has 0 saturated carbocycles. The molecule has 3 heteroatoms. The molecule has 1 nitrogen and oxygen atoms in total. The number of halogens is 2. The van der Waals surface area contributed by atoms with E-state index in [1.54, 1.807) is 24.4 Å². The number of pyridine rings is 1. The molecule has 0 saturated heterocycles. The van der Waals surface area contributed by atoms with Crippen LogP contribution in [0, 0.1) is 0 Å². The summed E-state index contributed by atoms with van der Waals surface area (Å²) in [6.07, 6.45) is 2.11. The van der Waals surface area contributed by atoms with Gasteiger partial charge in [0.25, 0.3) is 0 Å². The molecule has 0 spiro atoms. The highest BCUT2D eigenvalue weighted by Gasteiger charge is 2.16. The summed E-state index contributed by atoms with van der Waals surface area (Å²) in [5.74, 6) is -0.600. The highest BCUT2D eigenvalue weighted by atomic mass is 19.1. The van der Waals surface area contributed by atoms with Gasteiger partial charge in [-0.05, 0) is 18.2 Å². The summed E-state index contributed by atoms with van der Waals surface area (Å²) in [6, 6.07) is 5.15. The lowest BCUT2D eigenvalue weighted by Crippen LogP contribution is -2.03. The highest BCUT2D eigenvalue weighted by Crippen LogP contribution is 2.23. The summed E-state index contributed by atoms with van der Waals surface area (Å²) in [5, 5.41) is 0. The molecule has 1 aliphatic rings. The third-order valence-electron chi connectivity index (χ3n) is 1.89. The quantitative estimate of drug-likeness (QED) is 0.622. The van der Waals surface area contributed by atoms with E-state index < -0.39 is 12.0 Å². The van der Waals surface area contributed by atoms with Crippen molar-refractivity contribution in [2.24, 2.45) is 0 Å². The van der Waals surface area contributed by atoms with Gasteiger partial charge in [-0.25, -0.2) is 8.78 Å². The molecule has 0 fully saturated rings. The Morgan fingerprint density at radius 1 is 1.36 bits per heavy atom. The van der Waals surface area contributed by atoms with Crippen LogP contribution in [0.2, 0.25) is 0 Å². The van der Waals surface area contributed by atoms with Crippen LogP contribution in [0.1, 0.15) is 5.69 Å². The lowest BCUT2D eigenvalue weighted by atomic mass is 10.0. The monoisotopic (exact) mass is 191 g/mol. The minimum Gasteiger partial charge on any atom is -0.256 e. The summed E-state index contributed by atoms with van der Waals surface area (Å²) in [5.41, 5.74) is 3.30. The van der Waals surface area contributed by atoms with Crippen molar-refractivity contribution in [1.82, 2.24) is 4.98 Å². The average molecular weight is 191 g/mol. The number of hydrogen-bond donors (Lipinski definition) is 0. The van der Waals surface area contributed by atoms with Crippen LogP contribution in [-0.4, -0.2) is 11.2 Å². The maximum atomic E-state index is 13.3. The van der Waals surface area contributed by atoms with Crippen molar-refractivity contribution < 1.29 is 8.78 Å². The molecule has 0 aliphatic heterocycles. The van der Waals surface area contributed by atoms with Crippen molar-refractivity contribution in [1.29, 1.82) is 0 Å². The lowest BCUT2D eigenvalue weighted by molar-refractivity contribution is 0.468. The first-order chi connectivity index (χ1) is 6.77. The molecule has 70 valence electrons. The molecule has 14 heavy (non-hydrogen) atoms. The number of hydrogen-bond acceptors (Lipinski definition) is 1. The van der Waals surface area contributed by atoms with E-state index in [2.05, 4.69) is 10.7 Å². The molecule has 1 unspecified atom stereocenters. The van der Waals surface area contributed by atoms with Gasteiger partial charge in [-0.3, -0.25) is 4.98 Å². The van der Waals surface area contributed by atoms with E-state index in [9.17, 15) is 8.78 Å². The van der Waals surface area contributed by atoms with Crippen molar-refractivity contribution in [3.05, 3.63) is 53.8 Å². The maximum absolute atomic E-state index is 13.3. The summed E-state index contributed by atoms with van der Waals surface area (Å²) in [7, 11) is 0. The number of rotatable bonds is 1. The van der Waals surface area contributed by atoms with Gasteiger partial charge in [-0.2, -0.15) is 0 Å². The molecule has 0 bridgehead atoms. The molecule has 0 aromatic carbocycles. The van der Waals surface area contributed by atoms with Gasteiger partial charge in [0.2, 0.25) is 0 Å². The fourth-order valence-corrected chi connectivity index (χ4v) is 1.23. The number of alkyl halides is 1. The Kier molecular flexibility index (Phi) is 2.25. The van der Waals surface area contributed by atoms with Crippen LogP contribution in [-0.2, 0) is 0 Å². The van der Waals surface area contributed by atoms with E-state index in [0.717, 1.165) is 12.2 Å². The van der Waals surface area contributed by atoms with Crippen LogP contribution in [0.4, 0.5) is 8.78 Å². The molecule has 0 amide bonds. The van der Waals surface area contributed by atoms with Gasteiger partial charge in [-0.1, -0.05) is 6.07 Å². The predicted molar refractivity (Wildman–Crippen MR) is 49.8 cm³/mol. The normalized spacial score (nSPS) is 20.3. The Morgan fingerprint density at radius 3 is 2.86 bits per heavy atom. The molecule has 0 radical (unpaired) electrons. The maximum Gasteiger partial charge on any atom is 0.156 e. The smallest absolute Gasteiger partial charge is 0.156 e. The van der Waals surface area contributed by atoms with Crippen molar-refractivity contribution in [3.63, 3.8) is 0 Å². The Balaban J connectivity index is 2.43. The van der Waals surface area contributed by atoms with Crippen LogP contribution < -0.4 is 0 Å². The van der Waals surface area contributed by atoms with Crippen LogP contribution >= 0.6 is 0 Å². The predicted octanol–water partition coefficient (Wildman–Crippen LogP) is 2.83. The molecular weight excluding hydrogens is 184 g/mol. The van der Waals surface area contributed by atoms with E-state index in [1.807, 2.05) is 0 Å². The second kappa shape index (κ2) is 3.56. The van der Waals surface area contributed by atoms with Crippen LogP contribution in [0.5, 0.6) is 0 Å². The Morgan fingerprint density at radius 2 is 2.21 bits per heavy atom. The van der Waals surface area contributed by atoms with Crippen molar-refractivity contribution >= 4 is 5.57 Å². The molecule has 1 aromatic rings. The molecule has 0 N–H and O–H groups in total. The van der Waals surface area contributed by atoms with Gasteiger partial charge in [-0.15, -0.1) is 5.73 Å². The third-order valence-corrected chi connectivity index (χ3v) is 1.89. The van der Waals surface area contributed by atoms with Gasteiger partial charge < -0.3 is 0 Å². The average Bonchev–Trinajstić information content (AvgIpc) is 2.19. The zero-order valence-electron chi connectivity index (χ0n) is 7.24. The van der Waals surface area contributed by atoms with Crippen molar-refractivity contribution in [3.8, 4) is 0 Å². The minimum atomic E-state index is -1.46. The standard InChI is InChI=1S/C11H7F2N/c12-8-4-5-9(10(13)7-8)11-3-1-2-6-14-11/h1-4,6-7,10H. The van der Waals surface area contributed by atoms with Crippen molar-refractivity contribution in [2.45, 2.75) is 6.17 Å². The second-order valence-electron chi connectivity index (χ2n) is 2.87. The minimum absolute atomic E-state index is 0.270. The zero-order valence-corrected chi connectivity index (χ0v) is 7.24. The summed E-state index contributed by atoms with van der Waals surface area (Å²) in [4.78, 5) is 3.97. The third kappa shape index (κ3) is 1.63. The number of nitrogens with zero attached hydrogens (tertiary/aromatic N) is 1. The van der Waals surface area contributed by atoms with Gasteiger partial charge in [0.1, 0.15) is 5.83 Å². The fraction of sp³-hybridized carbons (Fsp3) is 0.0909. The zero-order chi connectivity index (χ0) is 9.97. The number of aromatic nitrogens is 1. The molecule has 1 aromatic heterocycles. The molecule has 1 heterocycles. The fourth-order valence-electron chi connectivity index (χ4n) is 1.23. The molecule has 1 aliphatic carbocycles. The second-order valence-corrected chi connectivity index (χ2v) is 2.87. The van der Waals surface area contributed by atoms with Crippen LogP contribution in [0.3, 0.4) is 0 Å². The van der Waals surface area contributed by atoms with E-state index >= 15 is 0 Å². The topological polar surface area (TPSA) is 12.9 Å².